The second kappa shape index (κ2) is 9.38. The summed E-state index contributed by atoms with van der Waals surface area (Å²) in [4.78, 5) is 18.1. The Balaban J connectivity index is 1.79. The van der Waals surface area contributed by atoms with Gasteiger partial charge in [0.1, 0.15) is 17.5 Å². The second-order valence-electron chi connectivity index (χ2n) is 8.77. The second-order valence-corrected chi connectivity index (χ2v) is 10.6. The first-order valence-corrected chi connectivity index (χ1v) is 13.1. The maximum Gasteiger partial charge on any atom is 0.257 e. The third-order valence-electron chi connectivity index (χ3n) is 6.28. The highest BCUT2D eigenvalue weighted by Crippen LogP contribution is 2.33. The van der Waals surface area contributed by atoms with E-state index in [1.54, 1.807) is 23.6 Å². The van der Waals surface area contributed by atoms with Crippen LogP contribution in [-0.2, 0) is 29.4 Å². The van der Waals surface area contributed by atoms with Gasteiger partial charge in [-0.2, -0.15) is 0 Å². The van der Waals surface area contributed by atoms with Crippen LogP contribution in [0.5, 0.6) is 0 Å². The van der Waals surface area contributed by atoms with E-state index in [0.29, 0.717) is 54.0 Å². The normalized spacial score (nSPS) is 18.0. The molecule has 0 saturated heterocycles. The Morgan fingerprint density at radius 1 is 1.12 bits per heavy atom. The minimum atomic E-state index is -3.51. The molecule has 4 rings (SSSR count). The predicted molar refractivity (Wildman–Crippen MR) is 127 cm³/mol. The van der Waals surface area contributed by atoms with Crippen molar-refractivity contribution in [3.63, 3.8) is 0 Å². The van der Waals surface area contributed by atoms with Gasteiger partial charge in [-0.05, 0) is 61.9 Å². The van der Waals surface area contributed by atoms with Crippen LogP contribution in [0, 0.1) is 18.6 Å². The van der Waals surface area contributed by atoms with Crippen molar-refractivity contribution < 1.29 is 17.2 Å². The molecule has 0 saturated carbocycles. The Kier molecular flexibility index (Phi) is 6.69. The van der Waals surface area contributed by atoms with Crippen molar-refractivity contribution in [1.82, 2.24) is 14.3 Å². The third-order valence-corrected chi connectivity index (χ3v) is 7.01. The van der Waals surface area contributed by atoms with Gasteiger partial charge in [0.05, 0.1) is 11.9 Å². The SMILES string of the molecule is CCn1c(C)nc2c(c1=O)C(Cc1cccc(-c3cc(F)cc(F)c3)c1)C(NS(C)(=O)=O)CC2. The fourth-order valence-corrected chi connectivity index (χ4v) is 5.71. The summed E-state index contributed by atoms with van der Waals surface area (Å²) in [5.74, 6) is -1.13. The average molecular weight is 488 g/mol. The van der Waals surface area contributed by atoms with Gasteiger partial charge in [-0.15, -0.1) is 0 Å². The molecule has 3 aromatic rings. The van der Waals surface area contributed by atoms with Crippen LogP contribution in [0.2, 0.25) is 0 Å². The molecule has 1 N–H and O–H groups in total. The first-order valence-electron chi connectivity index (χ1n) is 11.2. The molecular weight excluding hydrogens is 460 g/mol. The van der Waals surface area contributed by atoms with Crippen molar-refractivity contribution in [3.8, 4) is 11.1 Å². The van der Waals surface area contributed by atoms with E-state index < -0.39 is 33.6 Å². The molecule has 34 heavy (non-hydrogen) atoms. The summed E-state index contributed by atoms with van der Waals surface area (Å²) in [5.41, 5.74) is 2.93. The van der Waals surface area contributed by atoms with Crippen molar-refractivity contribution in [3.05, 3.63) is 87.1 Å². The molecule has 0 radical (unpaired) electrons. The van der Waals surface area contributed by atoms with Gasteiger partial charge in [0, 0.05) is 30.1 Å². The first kappa shape index (κ1) is 24.2. The fraction of sp³-hybridized carbons (Fsp3) is 0.360. The van der Waals surface area contributed by atoms with Crippen LogP contribution in [0.25, 0.3) is 11.1 Å². The highest BCUT2D eigenvalue weighted by atomic mass is 32.2. The van der Waals surface area contributed by atoms with Crippen molar-refractivity contribution >= 4 is 10.0 Å². The zero-order valence-corrected chi connectivity index (χ0v) is 20.1. The van der Waals surface area contributed by atoms with Gasteiger partial charge in [0.25, 0.3) is 5.56 Å². The number of aromatic nitrogens is 2. The number of nitrogens with zero attached hydrogens (tertiary/aromatic N) is 2. The van der Waals surface area contributed by atoms with Crippen molar-refractivity contribution in [2.24, 2.45) is 0 Å². The molecule has 1 heterocycles. The lowest BCUT2D eigenvalue weighted by atomic mass is 9.78. The molecular formula is C25H27F2N3O3S. The van der Waals surface area contributed by atoms with Gasteiger partial charge in [-0.25, -0.2) is 26.9 Å². The number of rotatable bonds is 6. The van der Waals surface area contributed by atoms with Crippen LogP contribution in [0.15, 0.2) is 47.3 Å². The van der Waals surface area contributed by atoms with E-state index in [4.69, 9.17) is 0 Å². The number of hydrogen-bond acceptors (Lipinski definition) is 4. The smallest absolute Gasteiger partial charge is 0.257 e. The Labute approximate surface area is 197 Å². The van der Waals surface area contributed by atoms with Gasteiger partial charge >= 0.3 is 0 Å². The van der Waals surface area contributed by atoms with Crippen LogP contribution < -0.4 is 10.3 Å². The number of fused-ring (bicyclic) bond motifs is 1. The van der Waals surface area contributed by atoms with Crippen molar-refractivity contribution in [1.29, 1.82) is 0 Å². The lowest BCUT2D eigenvalue weighted by molar-refractivity contribution is 0.415. The van der Waals surface area contributed by atoms with E-state index in [2.05, 4.69) is 9.71 Å². The standard InChI is InChI=1S/C25H27F2N3O3S/c1-4-30-15(2)28-23-9-8-22(29-34(3,32)33)21(24(23)25(30)31)11-16-6-5-7-17(10-16)18-12-19(26)14-20(27)13-18/h5-7,10,12-14,21-22,29H,4,8-9,11H2,1-3H3. The van der Waals surface area contributed by atoms with Crippen LogP contribution in [0.1, 0.15) is 41.9 Å². The molecule has 0 aliphatic heterocycles. The first-order chi connectivity index (χ1) is 16.1. The van der Waals surface area contributed by atoms with Crippen molar-refractivity contribution in [2.45, 2.75) is 51.6 Å². The van der Waals surface area contributed by atoms with Gasteiger partial charge in [0.15, 0.2) is 0 Å². The molecule has 2 aromatic carbocycles. The number of nitrogens with one attached hydrogen (secondary N) is 1. The molecule has 180 valence electrons. The Morgan fingerprint density at radius 2 is 1.82 bits per heavy atom. The Bertz CT molecular complexity index is 1380. The highest BCUT2D eigenvalue weighted by molar-refractivity contribution is 7.88. The van der Waals surface area contributed by atoms with Crippen LogP contribution in [0.4, 0.5) is 8.78 Å². The fourth-order valence-electron chi connectivity index (χ4n) is 4.87. The number of halogens is 2. The largest absolute Gasteiger partial charge is 0.297 e. The van der Waals surface area contributed by atoms with Gasteiger partial charge in [0.2, 0.25) is 10.0 Å². The summed E-state index contributed by atoms with van der Waals surface area (Å²) in [6, 6.07) is 10.1. The van der Waals surface area contributed by atoms with Crippen LogP contribution in [-0.4, -0.2) is 30.3 Å². The summed E-state index contributed by atoms with van der Waals surface area (Å²) in [6.07, 6.45) is 2.50. The van der Waals surface area contributed by atoms with Gasteiger partial charge in [-0.1, -0.05) is 24.3 Å². The molecule has 0 amide bonds. The average Bonchev–Trinajstić information content (AvgIpc) is 2.74. The molecule has 1 aromatic heterocycles. The van der Waals surface area contributed by atoms with E-state index in [-0.39, 0.29) is 5.56 Å². The van der Waals surface area contributed by atoms with Gasteiger partial charge in [-0.3, -0.25) is 9.36 Å². The van der Waals surface area contributed by atoms with E-state index in [1.807, 2.05) is 19.1 Å². The summed E-state index contributed by atoms with van der Waals surface area (Å²) in [6.45, 7) is 4.12. The Hall–Kier alpha value is -2.91. The minimum absolute atomic E-state index is 0.154. The van der Waals surface area contributed by atoms with Crippen LogP contribution >= 0.6 is 0 Å². The summed E-state index contributed by atoms with van der Waals surface area (Å²) >= 11 is 0. The van der Waals surface area contributed by atoms with E-state index in [0.717, 1.165) is 17.9 Å². The maximum absolute atomic E-state index is 13.8. The molecule has 6 nitrogen and oxygen atoms in total. The molecule has 2 unspecified atom stereocenters. The van der Waals surface area contributed by atoms with E-state index in [1.165, 1.54) is 12.1 Å². The number of aryl methyl sites for hydroxylation is 2. The summed E-state index contributed by atoms with van der Waals surface area (Å²) in [5, 5.41) is 0. The molecule has 1 aliphatic carbocycles. The predicted octanol–water partition coefficient (Wildman–Crippen LogP) is 3.71. The minimum Gasteiger partial charge on any atom is -0.297 e. The Morgan fingerprint density at radius 3 is 2.47 bits per heavy atom. The molecule has 0 fully saturated rings. The zero-order chi connectivity index (χ0) is 24.6. The number of hydrogen-bond donors (Lipinski definition) is 1. The molecule has 0 spiro atoms. The van der Waals surface area contributed by atoms with E-state index >= 15 is 0 Å². The summed E-state index contributed by atoms with van der Waals surface area (Å²) < 4.78 is 56.0. The monoisotopic (exact) mass is 487 g/mol. The number of benzene rings is 2. The molecule has 1 aliphatic rings. The molecule has 0 bridgehead atoms. The number of sulfonamides is 1. The van der Waals surface area contributed by atoms with Gasteiger partial charge < -0.3 is 0 Å². The highest BCUT2D eigenvalue weighted by Gasteiger charge is 2.35. The summed E-state index contributed by atoms with van der Waals surface area (Å²) in [7, 11) is -3.51. The van der Waals surface area contributed by atoms with Crippen LogP contribution in [0.3, 0.4) is 0 Å². The molecule has 2 atom stereocenters. The molecule has 9 heteroatoms. The topological polar surface area (TPSA) is 81.1 Å². The zero-order valence-electron chi connectivity index (χ0n) is 19.3. The van der Waals surface area contributed by atoms with E-state index in [9.17, 15) is 22.0 Å². The lowest BCUT2D eigenvalue weighted by Crippen LogP contribution is -2.46. The third kappa shape index (κ3) is 5.10. The lowest BCUT2D eigenvalue weighted by Gasteiger charge is -2.33. The van der Waals surface area contributed by atoms with Crippen molar-refractivity contribution in [2.75, 3.05) is 6.26 Å². The quantitative estimate of drug-likeness (QED) is 0.575. The maximum atomic E-state index is 13.8.